The average molecular weight is 371 g/mol. The molecule has 2 aliphatic rings. The van der Waals surface area contributed by atoms with E-state index in [0.29, 0.717) is 18.8 Å². The third kappa shape index (κ3) is 4.77. The normalized spacial score (nSPS) is 19.1. The Morgan fingerprint density at radius 3 is 2.64 bits per heavy atom. The van der Waals surface area contributed by atoms with E-state index in [1.807, 2.05) is 17.0 Å². The second-order valence-corrected chi connectivity index (χ2v) is 6.31. The van der Waals surface area contributed by atoms with Crippen LogP contribution in [-0.2, 0) is 22.5 Å². The molecule has 0 aromatic heterocycles. The molecule has 1 amide bonds. The van der Waals surface area contributed by atoms with Gasteiger partial charge in [0.05, 0.1) is 26.9 Å². The molecule has 1 saturated heterocycles. The standard InChI is InChI=1S/C18H26N2O4.ClH/c1-22-16-8-13-5-6-20(12-14(13)9-17(16)23-2)18(21)11-19-10-15-4-3-7-24-15;/h8-9,15,19H,3-7,10-12H2,1-2H3;1H. The van der Waals surface area contributed by atoms with Gasteiger partial charge in [0.15, 0.2) is 11.5 Å². The Balaban J connectivity index is 0.00000225. The quantitative estimate of drug-likeness (QED) is 0.827. The number of amides is 1. The number of halogens is 1. The first kappa shape index (κ1) is 19.8. The Kier molecular flexibility index (Phi) is 7.35. The maximum atomic E-state index is 12.4. The summed E-state index contributed by atoms with van der Waals surface area (Å²) in [6, 6.07) is 4.00. The summed E-state index contributed by atoms with van der Waals surface area (Å²) in [6.07, 6.45) is 3.30. The van der Waals surface area contributed by atoms with Gasteiger partial charge in [-0.05, 0) is 42.5 Å². The van der Waals surface area contributed by atoms with Crippen molar-refractivity contribution in [3.05, 3.63) is 23.3 Å². The van der Waals surface area contributed by atoms with E-state index in [2.05, 4.69) is 5.32 Å². The minimum Gasteiger partial charge on any atom is -0.493 e. The lowest BCUT2D eigenvalue weighted by Gasteiger charge is -2.30. The second-order valence-electron chi connectivity index (χ2n) is 6.31. The number of ether oxygens (including phenoxy) is 3. The molecule has 0 saturated carbocycles. The number of nitrogens with zero attached hydrogens (tertiary/aromatic N) is 1. The highest BCUT2D eigenvalue weighted by atomic mass is 35.5. The number of carbonyl (C=O) groups excluding carboxylic acids is 1. The molecule has 0 bridgehead atoms. The molecule has 1 aromatic rings. The van der Waals surface area contributed by atoms with Gasteiger partial charge in [0, 0.05) is 26.2 Å². The fourth-order valence-electron chi connectivity index (χ4n) is 3.35. The Morgan fingerprint density at radius 2 is 2.00 bits per heavy atom. The largest absolute Gasteiger partial charge is 0.493 e. The van der Waals surface area contributed by atoms with E-state index in [1.54, 1.807) is 14.2 Å². The van der Waals surface area contributed by atoms with Gasteiger partial charge in [-0.2, -0.15) is 0 Å². The summed E-state index contributed by atoms with van der Waals surface area (Å²) in [6.45, 7) is 3.32. The van der Waals surface area contributed by atoms with Crippen molar-refractivity contribution >= 4 is 18.3 Å². The second kappa shape index (κ2) is 9.27. The fourth-order valence-corrected chi connectivity index (χ4v) is 3.35. The molecule has 7 heteroatoms. The molecule has 1 atom stereocenters. The highest BCUT2D eigenvalue weighted by Crippen LogP contribution is 2.33. The predicted molar refractivity (Wildman–Crippen MR) is 97.8 cm³/mol. The minimum absolute atomic E-state index is 0. The first-order valence-electron chi connectivity index (χ1n) is 8.55. The van der Waals surface area contributed by atoms with E-state index in [0.717, 1.165) is 50.3 Å². The maximum Gasteiger partial charge on any atom is 0.236 e. The van der Waals surface area contributed by atoms with Crippen molar-refractivity contribution in [2.45, 2.75) is 31.9 Å². The van der Waals surface area contributed by atoms with Crippen molar-refractivity contribution in [1.29, 1.82) is 0 Å². The van der Waals surface area contributed by atoms with E-state index in [4.69, 9.17) is 14.2 Å². The molecule has 25 heavy (non-hydrogen) atoms. The Bertz CT molecular complexity index is 591. The summed E-state index contributed by atoms with van der Waals surface area (Å²) in [4.78, 5) is 14.3. The maximum absolute atomic E-state index is 12.4. The molecule has 1 N–H and O–H groups in total. The Morgan fingerprint density at radius 1 is 1.28 bits per heavy atom. The van der Waals surface area contributed by atoms with Crippen LogP contribution < -0.4 is 14.8 Å². The lowest BCUT2D eigenvalue weighted by Crippen LogP contribution is -2.42. The van der Waals surface area contributed by atoms with Gasteiger partial charge in [-0.3, -0.25) is 4.79 Å². The number of methoxy groups -OCH3 is 2. The van der Waals surface area contributed by atoms with E-state index < -0.39 is 0 Å². The smallest absolute Gasteiger partial charge is 0.236 e. The van der Waals surface area contributed by atoms with Crippen LogP contribution in [0.4, 0.5) is 0 Å². The molecule has 6 nitrogen and oxygen atoms in total. The average Bonchev–Trinajstić information content (AvgIpc) is 3.13. The van der Waals surface area contributed by atoms with Crippen molar-refractivity contribution in [2.24, 2.45) is 0 Å². The molecule has 0 spiro atoms. The monoisotopic (exact) mass is 370 g/mol. The molecule has 1 aromatic carbocycles. The van der Waals surface area contributed by atoms with Crippen LogP contribution in [0.5, 0.6) is 11.5 Å². The molecule has 2 heterocycles. The van der Waals surface area contributed by atoms with Crippen LogP contribution in [0, 0.1) is 0 Å². The highest BCUT2D eigenvalue weighted by molar-refractivity contribution is 5.85. The van der Waals surface area contributed by atoms with Crippen molar-refractivity contribution in [3.8, 4) is 11.5 Å². The zero-order valence-corrected chi connectivity index (χ0v) is 15.7. The summed E-state index contributed by atoms with van der Waals surface area (Å²) >= 11 is 0. The van der Waals surface area contributed by atoms with Gasteiger partial charge >= 0.3 is 0 Å². The fraction of sp³-hybridized carbons (Fsp3) is 0.611. The van der Waals surface area contributed by atoms with E-state index in [-0.39, 0.29) is 24.4 Å². The molecule has 0 radical (unpaired) electrons. The van der Waals surface area contributed by atoms with Crippen LogP contribution >= 0.6 is 12.4 Å². The van der Waals surface area contributed by atoms with E-state index in [1.165, 1.54) is 5.56 Å². The zero-order valence-electron chi connectivity index (χ0n) is 14.9. The van der Waals surface area contributed by atoms with Gasteiger partial charge in [0.1, 0.15) is 0 Å². The molecular weight excluding hydrogens is 344 g/mol. The summed E-state index contributed by atoms with van der Waals surface area (Å²) in [5, 5.41) is 3.23. The molecule has 3 rings (SSSR count). The number of fused-ring (bicyclic) bond motifs is 1. The van der Waals surface area contributed by atoms with Crippen LogP contribution in [0.15, 0.2) is 12.1 Å². The van der Waals surface area contributed by atoms with Gasteiger partial charge in [-0.1, -0.05) is 0 Å². The van der Waals surface area contributed by atoms with Crippen LogP contribution in [0.1, 0.15) is 24.0 Å². The van der Waals surface area contributed by atoms with E-state index in [9.17, 15) is 4.79 Å². The first-order chi connectivity index (χ1) is 11.7. The number of hydrogen-bond donors (Lipinski definition) is 1. The van der Waals surface area contributed by atoms with Crippen molar-refractivity contribution in [1.82, 2.24) is 10.2 Å². The molecule has 1 unspecified atom stereocenters. The molecule has 1 fully saturated rings. The Hall–Kier alpha value is -1.50. The summed E-state index contributed by atoms with van der Waals surface area (Å²) in [5.41, 5.74) is 2.36. The predicted octanol–water partition coefficient (Wildman–Crippen LogP) is 1.78. The van der Waals surface area contributed by atoms with Crippen LogP contribution in [0.2, 0.25) is 0 Å². The summed E-state index contributed by atoms with van der Waals surface area (Å²) in [7, 11) is 3.27. The van der Waals surface area contributed by atoms with Crippen LogP contribution in [0.25, 0.3) is 0 Å². The Labute approximate surface area is 155 Å². The third-order valence-electron chi connectivity index (χ3n) is 4.74. The van der Waals surface area contributed by atoms with Gasteiger partial charge in [0.25, 0.3) is 0 Å². The number of rotatable bonds is 6. The van der Waals surface area contributed by atoms with Crippen molar-refractivity contribution in [3.63, 3.8) is 0 Å². The molecule has 140 valence electrons. The lowest BCUT2D eigenvalue weighted by molar-refractivity contribution is -0.131. The molecular formula is C18H27ClN2O4. The third-order valence-corrected chi connectivity index (χ3v) is 4.74. The molecule has 0 aliphatic carbocycles. The summed E-state index contributed by atoms with van der Waals surface area (Å²) < 4.78 is 16.3. The number of carbonyl (C=O) groups is 1. The van der Waals surface area contributed by atoms with Gasteiger partial charge in [-0.25, -0.2) is 0 Å². The number of benzene rings is 1. The van der Waals surface area contributed by atoms with Gasteiger partial charge in [0.2, 0.25) is 5.91 Å². The van der Waals surface area contributed by atoms with Gasteiger partial charge in [-0.15, -0.1) is 12.4 Å². The lowest BCUT2D eigenvalue weighted by atomic mass is 9.98. The SMILES string of the molecule is COc1cc2c(cc1OC)CN(C(=O)CNCC1CCCO1)CC2.Cl. The first-order valence-corrected chi connectivity index (χ1v) is 8.55. The van der Waals surface area contributed by atoms with Crippen molar-refractivity contribution in [2.75, 3.05) is 40.5 Å². The van der Waals surface area contributed by atoms with Gasteiger partial charge < -0.3 is 24.4 Å². The summed E-state index contributed by atoms with van der Waals surface area (Å²) in [5.74, 6) is 1.59. The minimum atomic E-state index is 0. The number of nitrogens with one attached hydrogen (secondary N) is 1. The van der Waals surface area contributed by atoms with E-state index >= 15 is 0 Å². The zero-order chi connectivity index (χ0) is 16.9. The topological polar surface area (TPSA) is 60.0 Å². The van der Waals surface area contributed by atoms with Crippen molar-refractivity contribution < 1.29 is 19.0 Å². The molecule has 2 aliphatic heterocycles. The number of hydrogen-bond acceptors (Lipinski definition) is 5. The highest BCUT2D eigenvalue weighted by Gasteiger charge is 2.23. The van der Waals surface area contributed by atoms with Crippen LogP contribution in [-0.4, -0.2) is 57.4 Å². The van der Waals surface area contributed by atoms with Crippen LogP contribution in [0.3, 0.4) is 0 Å².